The molecule has 0 fully saturated rings. The van der Waals surface area contributed by atoms with Crippen LogP contribution in [0.4, 0.5) is 24.7 Å². The lowest BCUT2D eigenvalue weighted by molar-refractivity contribution is -0.192. The molecule has 45 heavy (non-hydrogen) atoms. The lowest BCUT2D eigenvalue weighted by Crippen LogP contribution is -2.35. The van der Waals surface area contributed by atoms with Gasteiger partial charge < -0.3 is 31.9 Å². The molecular weight excluding hydrogens is 599 g/mol. The summed E-state index contributed by atoms with van der Waals surface area (Å²) in [5, 5.41) is 20.4. The van der Waals surface area contributed by atoms with E-state index in [4.69, 9.17) is 31.5 Å². The smallest absolute Gasteiger partial charge is 0.475 e. The van der Waals surface area contributed by atoms with Crippen molar-refractivity contribution >= 4 is 35.2 Å². The number of carboxylic acid groups (broad SMARTS) is 1. The molecule has 0 bridgehead atoms. The number of aromatic nitrogens is 2. The van der Waals surface area contributed by atoms with Gasteiger partial charge in [0, 0.05) is 29.4 Å². The molecule has 0 saturated carbocycles. The molecule has 0 aliphatic rings. The SMILES string of the molecule is C.CCOC(=O)c1cc(N)cc(-c2cnc(NC(C)C)c(=O)n2CC(=O)NCc2ccc(C(=N)N)cc2)c1.O=C(O)C(F)(F)F. The van der Waals surface area contributed by atoms with Crippen molar-refractivity contribution in [3.63, 3.8) is 0 Å². The van der Waals surface area contributed by atoms with Crippen LogP contribution in [0.15, 0.2) is 53.5 Å². The van der Waals surface area contributed by atoms with Crippen molar-refractivity contribution in [2.75, 3.05) is 17.7 Å². The van der Waals surface area contributed by atoms with Gasteiger partial charge >= 0.3 is 18.1 Å². The van der Waals surface area contributed by atoms with Crippen molar-refractivity contribution < 1.29 is 37.4 Å². The zero-order valence-corrected chi connectivity index (χ0v) is 24.0. The molecule has 1 amide bonds. The van der Waals surface area contributed by atoms with Crippen LogP contribution in [0, 0.1) is 5.41 Å². The molecule has 0 saturated heterocycles. The molecule has 2 aromatic carbocycles. The van der Waals surface area contributed by atoms with E-state index in [0.29, 0.717) is 22.5 Å². The molecule has 244 valence electrons. The summed E-state index contributed by atoms with van der Waals surface area (Å²) in [5.74, 6) is -3.66. The molecule has 1 aromatic heterocycles. The number of esters is 1. The number of benzene rings is 2. The normalized spacial score (nSPS) is 10.6. The number of amidine groups is 1. The monoisotopic (exact) mass is 635 g/mol. The van der Waals surface area contributed by atoms with Crippen LogP contribution in [-0.2, 0) is 27.4 Å². The third-order valence-electron chi connectivity index (χ3n) is 5.54. The molecule has 0 atom stereocenters. The first-order valence-corrected chi connectivity index (χ1v) is 13.0. The maximum atomic E-state index is 13.3. The topological polar surface area (TPSA) is 216 Å². The number of anilines is 2. The number of nitrogens with two attached hydrogens (primary N) is 2. The first-order valence-electron chi connectivity index (χ1n) is 13.0. The Labute approximate surface area is 256 Å². The minimum atomic E-state index is -5.08. The number of alkyl halides is 3. The summed E-state index contributed by atoms with van der Waals surface area (Å²) in [5.41, 5.74) is 13.7. The molecule has 0 radical (unpaired) electrons. The Kier molecular flexibility index (Phi) is 13.7. The van der Waals surface area contributed by atoms with E-state index in [2.05, 4.69) is 15.6 Å². The molecule has 0 spiro atoms. The lowest BCUT2D eigenvalue weighted by Gasteiger charge is -2.17. The van der Waals surface area contributed by atoms with E-state index < -0.39 is 29.6 Å². The van der Waals surface area contributed by atoms with Crippen LogP contribution in [0.25, 0.3) is 11.3 Å². The molecule has 3 aromatic rings. The van der Waals surface area contributed by atoms with Gasteiger partial charge in [0.15, 0.2) is 5.82 Å². The number of nitrogens with zero attached hydrogens (tertiary/aromatic N) is 2. The van der Waals surface area contributed by atoms with Crippen LogP contribution < -0.4 is 27.7 Å². The molecule has 0 aliphatic heterocycles. The highest BCUT2D eigenvalue weighted by atomic mass is 19.4. The number of carbonyl (C=O) groups excluding carboxylic acids is 2. The summed E-state index contributed by atoms with van der Waals surface area (Å²) in [6, 6.07) is 11.5. The number of carbonyl (C=O) groups is 3. The molecular formula is C29H36F3N7O6. The summed E-state index contributed by atoms with van der Waals surface area (Å²) in [6.07, 6.45) is -3.62. The summed E-state index contributed by atoms with van der Waals surface area (Å²) >= 11 is 0. The van der Waals surface area contributed by atoms with Crippen molar-refractivity contribution in [2.24, 2.45) is 5.73 Å². The number of ether oxygens (including phenoxy) is 1. The van der Waals surface area contributed by atoms with E-state index in [0.717, 1.165) is 5.56 Å². The van der Waals surface area contributed by atoms with E-state index >= 15 is 0 Å². The highest BCUT2D eigenvalue weighted by Gasteiger charge is 2.38. The maximum absolute atomic E-state index is 13.3. The third kappa shape index (κ3) is 11.3. The van der Waals surface area contributed by atoms with Gasteiger partial charge in [0.25, 0.3) is 5.56 Å². The number of aliphatic carboxylic acids is 1. The van der Waals surface area contributed by atoms with Crippen molar-refractivity contribution in [3.05, 3.63) is 75.7 Å². The van der Waals surface area contributed by atoms with Crippen molar-refractivity contribution in [1.82, 2.24) is 14.9 Å². The van der Waals surface area contributed by atoms with E-state index in [9.17, 15) is 27.6 Å². The second-order valence-corrected chi connectivity index (χ2v) is 9.44. The number of hydrogen-bond acceptors (Lipinski definition) is 9. The van der Waals surface area contributed by atoms with Crippen LogP contribution in [0.1, 0.15) is 49.7 Å². The number of nitrogen functional groups attached to an aromatic ring is 2. The maximum Gasteiger partial charge on any atom is 0.490 e. The number of halogens is 3. The molecule has 8 N–H and O–H groups in total. The van der Waals surface area contributed by atoms with Gasteiger partial charge in [0.05, 0.1) is 24.1 Å². The predicted molar refractivity (Wildman–Crippen MR) is 163 cm³/mol. The fourth-order valence-corrected chi connectivity index (χ4v) is 3.58. The second-order valence-electron chi connectivity index (χ2n) is 9.44. The third-order valence-corrected chi connectivity index (χ3v) is 5.54. The minimum absolute atomic E-state index is 0. The van der Waals surface area contributed by atoms with Gasteiger partial charge in [-0.05, 0) is 44.5 Å². The van der Waals surface area contributed by atoms with E-state index in [1.54, 1.807) is 43.3 Å². The molecule has 1 heterocycles. The predicted octanol–water partition coefficient (Wildman–Crippen LogP) is 3.36. The number of amides is 1. The average molecular weight is 636 g/mol. The largest absolute Gasteiger partial charge is 0.490 e. The van der Waals surface area contributed by atoms with E-state index in [1.807, 2.05) is 13.8 Å². The van der Waals surface area contributed by atoms with Crippen LogP contribution in [0.2, 0.25) is 0 Å². The molecule has 0 unspecified atom stereocenters. The van der Waals surface area contributed by atoms with Crippen LogP contribution in [0.5, 0.6) is 0 Å². The Morgan fingerprint density at radius 3 is 2.22 bits per heavy atom. The number of carboxylic acids is 1. The molecule has 3 rings (SSSR count). The highest BCUT2D eigenvalue weighted by Crippen LogP contribution is 2.24. The minimum Gasteiger partial charge on any atom is -0.475 e. The first-order chi connectivity index (χ1) is 20.5. The fourth-order valence-electron chi connectivity index (χ4n) is 3.58. The standard InChI is InChI=1S/C26H31N7O4.C2HF3O2.CH4/c1-4-37-26(36)19-9-18(10-20(27)11-19)21-13-31-24(32-15(2)3)25(35)33(21)14-22(34)30-12-16-5-7-17(8-6-16)23(28)29;3-2(4,5)1(6)7;/h5-11,13,15H,4,12,14,27H2,1-3H3,(H3,28,29)(H,30,34)(H,31,32);(H,6,7);1H4. The first kappa shape index (κ1) is 37.6. The molecule has 13 nitrogen and oxygen atoms in total. The van der Waals surface area contributed by atoms with Gasteiger partial charge in [-0.3, -0.25) is 19.6 Å². The Bertz CT molecular complexity index is 1570. The second kappa shape index (κ2) is 16.4. The Morgan fingerprint density at radius 2 is 1.71 bits per heavy atom. The molecule has 0 aliphatic carbocycles. The van der Waals surface area contributed by atoms with Gasteiger partial charge in [-0.15, -0.1) is 0 Å². The van der Waals surface area contributed by atoms with Gasteiger partial charge in [-0.2, -0.15) is 13.2 Å². The summed E-state index contributed by atoms with van der Waals surface area (Å²) in [7, 11) is 0. The van der Waals surface area contributed by atoms with Gasteiger partial charge in [-0.1, -0.05) is 31.7 Å². The quantitative estimate of drug-likeness (QED) is 0.0826. The van der Waals surface area contributed by atoms with E-state index in [-0.39, 0.29) is 50.4 Å². The highest BCUT2D eigenvalue weighted by molar-refractivity contribution is 5.95. The zero-order valence-electron chi connectivity index (χ0n) is 24.0. The fraction of sp³-hybridized carbons (Fsp3) is 0.310. The van der Waals surface area contributed by atoms with Gasteiger partial charge in [0.2, 0.25) is 5.91 Å². The number of nitrogens with one attached hydrogen (secondary N) is 3. The van der Waals surface area contributed by atoms with Crippen LogP contribution >= 0.6 is 0 Å². The van der Waals surface area contributed by atoms with E-state index in [1.165, 1.54) is 16.8 Å². The lowest BCUT2D eigenvalue weighted by atomic mass is 10.1. The average Bonchev–Trinajstić information content (AvgIpc) is 2.93. The van der Waals surface area contributed by atoms with Crippen LogP contribution in [-0.4, -0.2) is 57.2 Å². The van der Waals surface area contributed by atoms with Crippen molar-refractivity contribution in [2.45, 2.75) is 53.5 Å². The van der Waals surface area contributed by atoms with Gasteiger partial charge in [-0.25, -0.2) is 14.6 Å². The Morgan fingerprint density at radius 1 is 1.11 bits per heavy atom. The zero-order chi connectivity index (χ0) is 33.2. The summed E-state index contributed by atoms with van der Waals surface area (Å²) in [6.45, 7) is 5.55. The molecule has 16 heteroatoms. The summed E-state index contributed by atoms with van der Waals surface area (Å²) in [4.78, 5) is 51.7. The number of hydrogen-bond donors (Lipinski definition) is 6. The van der Waals surface area contributed by atoms with Crippen molar-refractivity contribution in [3.8, 4) is 11.3 Å². The van der Waals surface area contributed by atoms with Crippen LogP contribution in [0.3, 0.4) is 0 Å². The summed E-state index contributed by atoms with van der Waals surface area (Å²) < 4.78 is 38.1. The van der Waals surface area contributed by atoms with Gasteiger partial charge in [0.1, 0.15) is 12.4 Å². The van der Waals surface area contributed by atoms with Crippen molar-refractivity contribution in [1.29, 1.82) is 5.41 Å². The Hall–Kier alpha value is -5.41. The Balaban J connectivity index is 0.00000113. The number of rotatable bonds is 10.